The molecular formula is C16H19NO. The molecule has 1 atom stereocenters. The van der Waals surface area contributed by atoms with Crippen LogP contribution in [0.3, 0.4) is 0 Å². The van der Waals surface area contributed by atoms with Gasteiger partial charge in [0, 0.05) is 11.6 Å². The summed E-state index contributed by atoms with van der Waals surface area (Å²) in [7, 11) is 0. The van der Waals surface area contributed by atoms with Gasteiger partial charge in [-0.2, -0.15) is 0 Å². The van der Waals surface area contributed by atoms with Gasteiger partial charge < -0.3 is 10.8 Å². The number of phenolic OH excluding ortho intramolecular Hbond substituents is 1. The molecule has 2 rings (SSSR count). The summed E-state index contributed by atoms with van der Waals surface area (Å²) in [5, 5.41) is 9.90. The van der Waals surface area contributed by atoms with Crippen molar-refractivity contribution in [2.45, 2.75) is 25.8 Å². The lowest BCUT2D eigenvalue weighted by Gasteiger charge is -2.14. The predicted molar refractivity (Wildman–Crippen MR) is 75.4 cm³/mol. The topological polar surface area (TPSA) is 46.2 Å². The Morgan fingerprint density at radius 3 is 2.44 bits per heavy atom. The molecule has 0 bridgehead atoms. The van der Waals surface area contributed by atoms with E-state index < -0.39 is 0 Å². The van der Waals surface area contributed by atoms with Gasteiger partial charge in [-0.3, -0.25) is 0 Å². The first kappa shape index (κ1) is 12.7. The first-order valence-electron chi connectivity index (χ1n) is 6.36. The quantitative estimate of drug-likeness (QED) is 0.853. The highest BCUT2D eigenvalue weighted by molar-refractivity contribution is 5.65. The number of hydrogen-bond donors (Lipinski definition) is 2. The van der Waals surface area contributed by atoms with Crippen molar-refractivity contribution in [1.82, 2.24) is 0 Å². The van der Waals surface area contributed by atoms with Gasteiger partial charge in [-0.15, -0.1) is 0 Å². The molecule has 18 heavy (non-hydrogen) atoms. The Morgan fingerprint density at radius 1 is 1.06 bits per heavy atom. The van der Waals surface area contributed by atoms with Crippen LogP contribution in [0.25, 0.3) is 11.1 Å². The highest BCUT2D eigenvalue weighted by Gasteiger charge is 2.11. The van der Waals surface area contributed by atoms with Crippen molar-refractivity contribution in [2.24, 2.45) is 5.73 Å². The van der Waals surface area contributed by atoms with Crippen molar-refractivity contribution in [3.8, 4) is 16.9 Å². The van der Waals surface area contributed by atoms with Gasteiger partial charge in [0.05, 0.1) is 0 Å². The Balaban J connectivity index is 2.38. The number of benzene rings is 2. The fourth-order valence-electron chi connectivity index (χ4n) is 2.13. The maximum atomic E-state index is 9.90. The van der Waals surface area contributed by atoms with E-state index in [1.54, 1.807) is 6.07 Å². The summed E-state index contributed by atoms with van der Waals surface area (Å²) in [6.07, 6.45) is 1.89. The molecule has 94 valence electrons. The minimum absolute atomic E-state index is 0.0985. The maximum absolute atomic E-state index is 9.90. The number of nitrogens with two attached hydrogens (primary N) is 1. The summed E-state index contributed by atoms with van der Waals surface area (Å²) in [6, 6.07) is 15.7. The second kappa shape index (κ2) is 5.69. The average molecular weight is 241 g/mol. The van der Waals surface area contributed by atoms with Crippen LogP contribution in [0.1, 0.15) is 31.4 Å². The van der Waals surface area contributed by atoms with Crippen LogP contribution in [-0.2, 0) is 0 Å². The summed E-state index contributed by atoms with van der Waals surface area (Å²) in [6.45, 7) is 2.10. The lowest BCUT2D eigenvalue weighted by atomic mass is 9.97. The molecule has 0 aromatic heterocycles. The van der Waals surface area contributed by atoms with Crippen LogP contribution < -0.4 is 5.73 Å². The standard InChI is InChI=1S/C16H19NO/c1-2-6-15(17)14-11-13(9-10-16(14)18)12-7-4-3-5-8-12/h3-5,7-11,15,18H,2,6,17H2,1H3. The van der Waals surface area contributed by atoms with Crippen LogP contribution in [0.5, 0.6) is 5.75 Å². The summed E-state index contributed by atoms with van der Waals surface area (Å²) in [4.78, 5) is 0. The monoisotopic (exact) mass is 241 g/mol. The highest BCUT2D eigenvalue weighted by Crippen LogP contribution is 2.30. The summed E-state index contributed by atoms with van der Waals surface area (Å²) in [5.74, 6) is 0.288. The van der Waals surface area contributed by atoms with E-state index in [1.807, 2.05) is 30.3 Å². The van der Waals surface area contributed by atoms with E-state index >= 15 is 0 Å². The van der Waals surface area contributed by atoms with E-state index in [-0.39, 0.29) is 11.8 Å². The first-order chi connectivity index (χ1) is 8.72. The van der Waals surface area contributed by atoms with Crippen molar-refractivity contribution in [3.05, 3.63) is 54.1 Å². The van der Waals surface area contributed by atoms with Gasteiger partial charge in [0.25, 0.3) is 0 Å². The highest BCUT2D eigenvalue weighted by atomic mass is 16.3. The molecule has 0 aliphatic heterocycles. The molecule has 0 heterocycles. The van der Waals surface area contributed by atoms with Gasteiger partial charge in [-0.25, -0.2) is 0 Å². The zero-order valence-corrected chi connectivity index (χ0v) is 10.6. The number of hydrogen-bond acceptors (Lipinski definition) is 2. The van der Waals surface area contributed by atoms with E-state index in [1.165, 1.54) is 0 Å². The Labute approximate surface area is 108 Å². The van der Waals surface area contributed by atoms with Gasteiger partial charge in [0.2, 0.25) is 0 Å². The van der Waals surface area contributed by atoms with E-state index in [9.17, 15) is 5.11 Å². The third-order valence-corrected chi connectivity index (χ3v) is 3.13. The third-order valence-electron chi connectivity index (χ3n) is 3.13. The van der Waals surface area contributed by atoms with Crippen LogP contribution >= 0.6 is 0 Å². The Bertz CT molecular complexity index is 508. The Kier molecular flexibility index (Phi) is 4.00. The minimum Gasteiger partial charge on any atom is -0.508 e. The molecule has 2 aromatic carbocycles. The molecule has 0 spiro atoms. The van der Waals surface area contributed by atoms with Crippen molar-refractivity contribution in [1.29, 1.82) is 0 Å². The van der Waals surface area contributed by atoms with Crippen LogP contribution in [-0.4, -0.2) is 5.11 Å². The predicted octanol–water partition coefficient (Wildman–Crippen LogP) is 3.86. The molecule has 1 unspecified atom stereocenters. The van der Waals surface area contributed by atoms with E-state index in [4.69, 9.17) is 5.73 Å². The zero-order valence-electron chi connectivity index (χ0n) is 10.6. The SMILES string of the molecule is CCCC(N)c1cc(-c2ccccc2)ccc1O. The Hall–Kier alpha value is -1.80. The number of phenols is 1. The number of aromatic hydroxyl groups is 1. The third kappa shape index (κ3) is 2.71. The fourth-order valence-corrected chi connectivity index (χ4v) is 2.13. The molecule has 2 aromatic rings. The molecule has 2 heteroatoms. The molecule has 0 saturated carbocycles. The summed E-state index contributed by atoms with van der Waals surface area (Å²) < 4.78 is 0. The molecule has 3 N–H and O–H groups in total. The molecule has 0 saturated heterocycles. The van der Waals surface area contributed by atoms with Crippen LogP contribution in [0.15, 0.2) is 48.5 Å². The molecule has 0 radical (unpaired) electrons. The van der Waals surface area contributed by atoms with Gasteiger partial charge in [-0.05, 0) is 29.7 Å². The largest absolute Gasteiger partial charge is 0.508 e. The van der Waals surface area contributed by atoms with Crippen LogP contribution in [0, 0.1) is 0 Å². The minimum atomic E-state index is -0.0985. The van der Waals surface area contributed by atoms with Crippen molar-refractivity contribution in [2.75, 3.05) is 0 Å². The lowest BCUT2D eigenvalue weighted by Crippen LogP contribution is -2.10. The Morgan fingerprint density at radius 2 is 1.78 bits per heavy atom. The molecule has 0 aliphatic rings. The van der Waals surface area contributed by atoms with E-state index in [2.05, 4.69) is 19.1 Å². The molecular weight excluding hydrogens is 222 g/mol. The molecule has 0 fully saturated rings. The van der Waals surface area contributed by atoms with Gasteiger partial charge in [0.1, 0.15) is 5.75 Å². The van der Waals surface area contributed by atoms with Gasteiger partial charge >= 0.3 is 0 Å². The smallest absolute Gasteiger partial charge is 0.120 e. The maximum Gasteiger partial charge on any atom is 0.120 e. The number of rotatable bonds is 4. The van der Waals surface area contributed by atoms with Crippen molar-refractivity contribution in [3.63, 3.8) is 0 Å². The molecule has 0 amide bonds. The zero-order chi connectivity index (χ0) is 13.0. The van der Waals surface area contributed by atoms with Crippen molar-refractivity contribution < 1.29 is 5.11 Å². The van der Waals surface area contributed by atoms with Gasteiger partial charge in [0.15, 0.2) is 0 Å². The average Bonchev–Trinajstić information content (AvgIpc) is 2.40. The van der Waals surface area contributed by atoms with E-state index in [0.717, 1.165) is 29.5 Å². The second-order valence-electron chi connectivity index (χ2n) is 4.53. The van der Waals surface area contributed by atoms with Gasteiger partial charge in [-0.1, -0.05) is 49.7 Å². The molecule has 2 nitrogen and oxygen atoms in total. The normalized spacial score (nSPS) is 12.3. The summed E-state index contributed by atoms with van der Waals surface area (Å²) in [5.41, 5.74) is 9.16. The lowest BCUT2D eigenvalue weighted by molar-refractivity contribution is 0.458. The van der Waals surface area contributed by atoms with Crippen LogP contribution in [0.4, 0.5) is 0 Å². The van der Waals surface area contributed by atoms with Crippen molar-refractivity contribution >= 4 is 0 Å². The fraction of sp³-hybridized carbons (Fsp3) is 0.250. The second-order valence-corrected chi connectivity index (χ2v) is 4.53. The van der Waals surface area contributed by atoms with E-state index in [0.29, 0.717) is 0 Å². The molecule has 0 aliphatic carbocycles. The first-order valence-corrected chi connectivity index (χ1v) is 6.36. The van der Waals surface area contributed by atoms with Crippen LogP contribution in [0.2, 0.25) is 0 Å². The summed E-state index contributed by atoms with van der Waals surface area (Å²) >= 11 is 0.